The number of rotatable bonds is 7. The largest absolute Gasteiger partial charge is 0.497 e. The molecule has 3 heterocycles. The normalized spacial score (nSPS) is 15.8. The van der Waals surface area contributed by atoms with Gasteiger partial charge in [0.15, 0.2) is 0 Å². The van der Waals surface area contributed by atoms with E-state index in [1.807, 2.05) is 54.7 Å². The lowest BCUT2D eigenvalue weighted by Crippen LogP contribution is -2.48. The Morgan fingerprint density at radius 3 is 2.37 bits per heavy atom. The van der Waals surface area contributed by atoms with Crippen molar-refractivity contribution in [3.8, 4) is 17.2 Å². The maximum atomic E-state index is 14.1. The molecule has 2 aromatic heterocycles. The third-order valence-corrected chi connectivity index (χ3v) is 6.96. The van der Waals surface area contributed by atoms with Gasteiger partial charge in [0, 0.05) is 36.1 Å². The fraction of sp³-hybridized carbons (Fsp3) is 0.241. The zero-order valence-electron chi connectivity index (χ0n) is 21.2. The zero-order chi connectivity index (χ0) is 26.2. The highest BCUT2D eigenvalue weighted by Gasteiger charge is 2.41. The van der Waals surface area contributed by atoms with Crippen LogP contribution in [-0.2, 0) is 4.79 Å². The van der Waals surface area contributed by atoms with Crippen LogP contribution in [0.25, 0.3) is 5.69 Å². The number of ether oxygens (including phenoxy) is 2. The minimum atomic E-state index is -0.464. The van der Waals surface area contributed by atoms with E-state index in [1.165, 1.54) is 0 Å². The first kappa shape index (κ1) is 23.7. The second kappa shape index (κ2) is 9.66. The van der Waals surface area contributed by atoms with E-state index < -0.39 is 6.04 Å². The summed E-state index contributed by atoms with van der Waals surface area (Å²) in [6.07, 6.45) is 5.29. The Hall–Kier alpha value is -4.66. The van der Waals surface area contributed by atoms with Crippen LogP contribution in [0.5, 0.6) is 11.5 Å². The van der Waals surface area contributed by atoms with Gasteiger partial charge in [0.05, 0.1) is 37.6 Å². The Bertz CT molecular complexity index is 1450. The van der Waals surface area contributed by atoms with E-state index in [9.17, 15) is 9.59 Å². The lowest BCUT2D eigenvalue weighted by molar-refractivity contribution is -0.119. The Kier molecular flexibility index (Phi) is 6.03. The monoisotopic (exact) mass is 512 g/mol. The van der Waals surface area contributed by atoms with Gasteiger partial charge in [0.25, 0.3) is 0 Å². The van der Waals surface area contributed by atoms with E-state index in [4.69, 9.17) is 13.9 Å². The maximum absolute atomic E-state index is 14.1. The second-order valence-corrected chi connectivity index (χ2v) is 9.36. The first-order chi connectivity index (χ1) is 18.6. The minimum Gasteiger partial charge on any atom is -0.497 e. The first-order valence-corrected chi connectivity index (χ1v) is 12.5. The zero-order valence-corrected chi connectivity index (χ0v) is 21.2. The van der Waals surface area contributed by atoms with Crippen LogP contribution in [0.3, 0.4) is 0 Å². The molecule has 2 aromatic carbocycles. The van der Waals surface area contributed by atoms with E-state index >= 15 is 0 Å². The number of amides is 3. The van der Waals surface area contributed by atoms with Gasteiger partial charge in [-0.1, -0.05) is 12.1 Å². The third kappa shape index (κ3) is 4.26. The first-order valence-electron chi connectivity index (χ1n) is 12.5. The summed E-state index contributed by atoms with van der Waals surface area (Å²) in [7, 11) is 3.11. The number of hydrogen-bond acceptors (Lipinski definition) is 5. The smallest absolute Gasteiger partial charge is 0.322 e. The van der Waals surface area contributed by atoms with Crippen LogP contribution in [0.4, 0.5) is 16.2 Å². The number of fused-ring (bicyclic) bond motifs is 3. The number of carbonyl (C=O) groups excluding carboxylic acids is 2. The van der Waals surface area contributed by atoms with E-state index in [0.717, 1.165) is 29.9 Å². The van der Waals surface area contributed by atoms with Crippen molar-refractivity contribution in [1.82, 2.24) is 9.47 Å². The van der Waals surface area contributed by atoms with Crippen molar-refractivity contribution < 1.29 is 23.5 Å². The highest BCUT2D eigenvalue weighted by molar-refractivity contribution is 6.01. The van der Waals surface area contributed by atoms with Gasteiger partial charge in [0.2, 0.25) is 5.91 Å². The Morgan fingerprint density at radius 1 is 0.974 bits per heavy atom. The highest BCUT2D eigenvalue weighted by atomic mass is 16.5. The molecule has 1 N–H and O–H groups in total. The molecule has 9 heteroatoms. The van der Waals surface area contributed by atoms with Gasteiger partial charge < -0.3 is 28.7 Å². The predicted octanol–water partition coefficient (Wildman–Crippen LogP) is 5.22. The van der Waals surface area contributed by atoms with Crippen LogP contribution in [0, 0.1) is 0 Å². The maximum Gasteiger partial charge on any atom is 0.322 e. The van der Waals surface area contributed by atoms with Crippen molar-refractivity contribution in [3.05, 3.63) is 90.6 Å². The van der Waals surface area contributed by atoms with Crippen LogP contribution in [0.15, 0.2) is 83.6 Å². The van der Waals surface area contributed by atoms with E-state index in [0.29, 0.717) is 22.9 Å². The molecule has 1 atom stereocenters. The summed E-state index contributed by atoms with van der Waals surface area (Å²) < 4.78 is 18.5. The molecule has 0 spiro atoms. The van der Waals surface area contributed by atoms with Crippen LogP contribution >= 0.6 is 0 Å². The average Bonchev–Trinajstić information content (AvgIpc) is 3.40. The molecule has 4 aromatic rings. The lowest BCUT2D eigenvalue weighted by Gasteiger charge is -2.38. The van der Waals surface area contributed by atoms with Crippen LogP contribution < -0.4 is 19.7 Å². The number of anilines is 2. The van der Waals surface area contributed by atoms with Gasteiger partial charge in [-0.05, 0) is 49.2 Å². The fourth-order valence-corrected chi connectivity index (χ4v) is 5.03. The number of nitrogens with zero attached hydrogens (tertiary/aromatic N) is 3. The number of benzene rings is 2. The van der Waals surface area contributed by atoms with Crippen molar-refractivity contribution in [3.63, 3.8) is 0 Å². The van der Waals surface area contributed by atoms with E-state index in [-0.39, 0.29) is 24.5 Å². The van der Waals surface area contributed by atoms with Crippen molar-refractivity contribution in [1.29, 1.82) is 0 Å². The molecule has 0 radical (unpaired) electrons. The van der Waals surface area contributed by atoms with Crippen LogP contribution in [0.1, 0.15) is 30.3 Å². The molecule has 0 bridgehead atoms. The standard InChI is InChI=1S/C29H28N4O5/c1-36-21-15-19(16-22(17-21)37-2)30-29(35)32(20-11-12-20)18-27(34)33-24-8-4-3-7-23(24)31-13-5-9-25(31)28(33)26-10-6-14-38-26/h3-10,13-17,20,28H,11-12,18H2,1-2H3,(H,30,35). The molecule has 0 saturated heterocycles. The number of hydrogen-bond donors (Lipinski definition) is 1. The summed E-state index contributed by atoms with van der Waals surface area (Å²) in [6, 6.07) is 19.8. The van der Waals surface area contributed by atoms with Crippen molar-refractivity contribution in [2.24, 2.45) is 0 Å². The third-order valence-electron chi connectivity index (χ3n) is 6.96. The Labute approximate surface area is 220 Å². The number of para-hydroxylation sites is 2. The van der Waals surface area contributed by atoms with Crippen LogP contribution in [0.2, 0.25) is 0 Å². The molecule has 1 aliphatic heterocycles. The molecule has 1 unspecified atom stereocenters. The summed E-state index contributed by atoms with van der Waals surface area (Å²) in [6.45, 7) is -0.0795. The van der Waals surface area contributed by atoms with Gasteiger partial charge in [0.1, 0.15) is 29.8 Å². The molecular formula is C29H28N4O5. The number of nitrogens with one attached hydrogen (secondary N) is 1. The molecule has 3 amide bonds. The number of urea groups is 1. The fourth-order valence-electron chi connectivity index (χ4n) is 5.03. The molecule has 1 aliphatic carbocycles. The van der Waals surface area contributed by atoms with Gasteiger partial charge >= 0.3 is 6.03 Å². The summed E-state index contributed by atoms with van der Waals surface area (Å²) in [5.41, 5.74) is 3.10. The summed E-state index contributed by atoms with van der Waals surface area (Å²) in [5, 5.41) is 2.92. The van der Waals surface area contributed by atoms with E-state index in [1.54, 1.807) is 48.5 Å². The topological polar surface area (TPSA) is 89.2 Å². The van der Waals surface area contributed by atoms with E-state index in [2.05, 4.69) is 9.88 Å². The van der Waals surface area contributed by atoms with Crippen molar-refractivity contribution >= 4 is 23.3 Å². The lowest BCUT2D eigenvalue weighted by atomic mass is 10.0. The summed E-state index contributed by atoms with van der Waals surface area (Å²) >= 11 is 0. The van der Waals surface area contributed by atoms with Crippen LogP contribution in [-0.4, -0.2) is 48.2 Å². The highest BCUT2D eigenvalue weighted by Crippen LogP contribution is 2.42. The summed E-state index contributed by atoms with van der Waals surface area (Å²) in [4.78, 5) is 30.9. The van der Waals surface area contributed by atoms with Crippen molar-refractivity contribution in [2.75, 3.05) is 31.0 Å². The average molecular weight is 513 g/mol. The number of carbonyl (C=O) groups is 2. The SMILES string of the molecule is COc1cc(NC(=O)N(CC(=O)N2c3ccccc3-n3cccc3C2c2ccco2)C2CC2)cc(OC)c1. The molecule has 194 valence electrons. The molecule has 9 nitrogen and oxygen atoms in total. The predicted molar refractivity (Wildman–Crippen MR) is 142 cm³/mol. The number of methoxy groups -OCH3 is 2. The minimum absolute atomic E-state index is 0.00240. The number of aromatic nitrogens is 1. The van der Waals surface area contributed by atoms with Gasteiger partial charge in [-0.2, -0.15) is 0 Å². The quantitative estimate of drug-likeness (QED) is 0.367. The van der Waals surface area contributed by atoms with Crippen molar-refractivity contribution in [2.45, 2.75) is 24.9 Å². The molecule has 6 rings (SSSR count). The Balaban J connectivity index is 1.31. The molecule has 38 heavy (non-hydrogen) atoms. The summed E-state index contributed by atoms with van der Waals surface area (Å²) in [5.74, 6) is 1.57. The van der Waals surface area contributed by atoms with Gasteiger partial charge in [-0.15, -0.1) is 0 Å². The number of furan rings is 1. The molecule has 2 aliphatic rings. The van der Waals surface area contributed by atoms with Gasteiger partial charge in [-0.25, -0.2) is 4.79 Å². The molecular weight excluding hydrogens is 484 g/mol. The Morgan fingerprint density at radius 2 is 1.71 bits per heavy atom. The second-order valence-electron chi connectivity index (χ2n) is 9.36. The van der Waals surface area contributed by atoms with Gasteiger partial charge in [-0.3, -0.25) is 9.69 Å². The molecule has 1 fully saturated rings. The molecule has 1 saturated carbocycles.